The van der Waals surface area contributed by atoms with Crippen LogP contribution >= 0.6 is 0 Å². The molecule has 29 heavy (non-hydrogen) atoms. The third-order valence-corrected chi connectivity index (χ3v) is 6.99. The Hall–Kier alpha value is -2.38. The number of sulfonamides is 1. The number of hydrogen-bond acceptors (Lipinski definition) is 4. The van der Waals surface area contributed by atoms with Crippen molar-refractivity contribution >= 4 is 21.6 Å². The van der Waals surface area contributed by atoms with E-state index in [9.17, 15) is 13.2 Å². The van der Waals surface area contributed by atoms with E-state index < -0.39 is 10.0 Å². The maximum atomic E-state index is 12.8. The minimum absolute atomic E-state index is 0.108. The molecule has 0 spiro atoms. The summed E-state index contributed by atoms with van der Waals surface area (Å²) in [5.41, 5.74) is 1.58. The largest absolute Gasteiger partial charge is 0.483 e. The summed E-state index contributed by atoms with van der Waals surface area (Å²) in [5, 5.41) is 2.74. The number of ether oxygens (including phenoxy) is 1. The molecule has 2 aromatic carbocycles. The van der Waals surface area contributed by atoms with Crippen LogP contribution in [-0.2, 0) is 21.2 Å². The number of piperidine rings is 1. The molecule has 1 aliphatic rings. The lowest BCUT2D eigenvalue weighted by Crippen LogP contribution is -2.39. The van der Waals surface area contributed by atoms with E-state index in [0.29, 0.717) is 30.4 Å². The Morgan fingerprint density at radius 1 is 1.17 bits per heavy atom. The van der Waals surface area contributed by atoms with Crippen LogP contribution in [0.2, 0.25) is 0 Å². The first-order valence-electron chi connectivity index (χ1n) is 10.0. The molecule has 1 N–H and O–H groups in total. The van der Waals surface area contributed by atoms with Crippen molar-refractivity contribution in [1.82, 2.24) is 4.31 Å². The molecule has 1 atom stereocenters. The van der Waals surface area contributed by atoms with Crippen molar-refractivity contribution in [2.45, 2.75) is 38.0 Å². The second-order valence-electron chi connectivity index (χ2n) is 7.43. The molecule has 7 heteroatoms. The standard InChI is InChI=1S/C22H28N2O4S/c1-3-18-8-4-5-9-21(18)28-16-22(25)23-19-10-12-20(13-11-19)29(26,27)24-14-6-7-17(2)15-24/h4-5,8-13,17H,3,6-7,14-16H2,1-2H3,(H,23,25)/t17-/m1/s1. The maximum absolute atomic E-state index is 12.8. The van der Waals surface area contributed by atoms with Crippen LogP contribution in [-0.4, -0.2) is 38.3 Å². The predicted octanol–water partition coefficient (Wildman–Crippen LogP) is 3.69. The van der Waals surface area contributed by atoms with Gasteiger partial charge in [0, 0.05) is 18.8 Å². The van der Waals surface area contributed by atoms with Gasteiger partial charge in [0.25, 0.3) is 5.91 Å². The molecule has 2 aromatic rings. The Bertz CT molecular complexity index is 942. The Kier molecular flexibility index (Phi) is 6.92. The van der Waals surface area contributed by atoms with E-state index >= 15 is 0 Å². The van der Waals surface area contributed by atoms with Crippen LogP contribution in [0.3, 0.4) is 0 Å². The first-order chi connectivity index (χ1) is 13.9. The van der Waals surface area contributed by atoms with Crippen molar-refractivity contribution in [2.24, 2.45) is 5.92 Å². The summed E-state index contributed by atoms with van der Waals surface area (Å²) in [7, 11) is -3.50. The highest BCUT2D eigenvalue weighted by molar-refractivity contribution is 7.89. The molecule has 1 fully saturated rings. The molecule has 1 amide bonds. The Morgan fingerprint density at radius 2 is 1.90 bits per heavy atom. The van der Waals surface area contributed by atoms with Gasteiger partial charge in [0.15, 0.2) is 6.61 Å². The summed E-state index contributed by atoms with van der Waals surface area (Å²) >= 11 is 0. The maximum Gasteiger partial charge on any atom is 0.262 e. The van der Waals surface area contributed by atoms with Gasteiger partial charge in [0.05, 0.1) is 4.90 Å². The number of hydrogen-bond donors (Lipinski definition) is 1. The Morgan fingerprint density at radius 3 is 2.59 bits per heavy atom. The van der Waals surface area contributed by atoms with E-state index in [2.05, 4.69) is 12.2 Å². The molecule has 1 aliphatic heterocycles. The SMILES string of the molecule is CCc1ccccc1OCC(=O)Nc1ccc(S(=O)(=O)N2CCC[C@@H](C)C2)cc1. The number of carbonyl (C=O) groups excluding carboxylic acids is 1. The first kappa shape index (κ1) is 21.3. The third-order valence-electron chi connectivity index (χ3n) is 5.11. The number of carbonyl (C=O) groups is 1. The topological polar surface area (TPSA) is 75.7 Å². The molecule has 1 heterocycles. The monoisotopic (exact) mass is 416 g/mol. The fourth-order valence-corrected chi connectivity index (χ4v) is 5.10. The van der Waals surface area contributed by atoms with Crippen molar-refractivity contribution in [2.75, 3.05) is 25.0 Å². The number of amides is 1. The Labute approximate surface area is 172 Å². The normalized spacial score (nSPS) is 17.7. The molecule has 0 saturated carbocycles. The summed E-state index contributed by atoms with van der Waals surface area (Å²) < 4.78 is 32.8. The number of rotatable bonds is 7. The molecular formula is C22H28N2O4S. The highest BCUT2D eigenvalue weighted by Crippen LogP contribution is 2.24. The van der Waals surface area contributed by atoms with Crippen molar-refractivity contribution < 1.29 is 17.9 Å². The highest BCUT2D eigenvalue weighted by atomic mass is 32.2. The zero-order valence-electron chi connectivity index (χ0n) is 16.9. The van der Waals surface area contributed by atoms with Gasteiger partial charge in [0.2, 0.25) is 10.0 Å². The lowest BCUT2D eigenvalue weighted by molar-refractivity contribution is -0.118. The van der Waals surface area contributed by atoms with Gasteiger partial charge in [-0.1, -0.05) is 32.0 Å². The summed E-state index contributed by atoms with van der Waals surface area (Å²) in [6.07, 6.45) is 2.76. The highest BCUT2D eigenvalue weighted by Gasteiger charge is 2.28. The smallest absolute Gasteiger partial charge is 0.262 e. The number of para-hydroxylation sites is 1. The number of benzene rings is 2. The van der Waals surface area contributed by atoms with Crippen LogP contribution in [0.4, 0.5) is 5.69 Å². The van der Waals surface area contributed by atoms with Gasteiger partial charge in [-0.15, -0.1) is 0 Å². The number of anilines is 1. The third kappa shape index (κ3) is 5.36. The van der Waals surface area contributed by atoms with Gasteiger partial charge in [-0.2, -0.15) is 4.31 Å². The molecule has 156 valence electrons. The van der Waals surface area contributed by atoms with Gasteiger partial charge < -0.3 is 10.1 Å². The van der Waals surface area contributed by atoms with Crippen molar-refractivity contribution in [1.29, 1.82) is 0 Å². The molecule has 1 saturated heterocycles. The summed E-state index contributed by atoms with van der Waals surface area (Å²) in [6, 6.07) is 13.9. The second-order valence-corrected chi connectivity index (χ2v) is 9.37. The molecular weight excluding hydrogens is 388 g/mol. The zero-order valence-corrected chi connectivity index (χ0v) is 17.7. The van der Waals surface area contributed by atoms with Gasteiger partial charge >= 0.3 is 0 Å². The molecule has 0 bridgehead atoms. The second kappa shape index (κ2) is 9.41. The average Bonchev–Trinajstić information content (AvgIpc) is 2.73. The van der Waals surface area contributed by atoms with Crippen molar-refractivity contribution in [3.8, 4) is 5.75 Å². The minimum atomic E-state index is -3.50. The fraction of sp³-hybridized carbons (Fsp3) is 0.409. The summed E-state index contributed by atoms with van der Waals surface area (Å²) in [6.45, 7) is 5.10. The van der Waals surface area contributed by atoms with Crippen LogP contribution in [0.1, 0.15) is 32.3 Å². The van der Waals surface area contributed by atoms with Gasteiger partial charge in [0.1, 0.15) is 5.75 Å². The molecule has 3 rings (SSSR count). The number of nitrogens with zero attached hydrogens (tertiary/aromatic N) is 1. The molecule has 6 nitrogen and oxygen atoms in total. The molecule has 0 radical (unpaired) electrons. The van der Waals surface area contributed by atoms with Crippen molar-refractivity contribution in [3.63, 3.8) is 0 Å². The predicted molar refractivity (Wildman–Crippen MR) is 114 cm³/mol. The lowest BCUT2D eigenvalue weighted by atomic mass is 10.0. The summed E-state index contributed by atoms with van der Waals surface area (Å²) in [4.78, 5) is 12.4. The number of nitrogens with one attached hydrogen (secondary N) is 1. The van der Waals surface area contributed by atoms with E-state index in [-0.39, 0.29) is 17.4 Å². The minimum Gasteiger partial charge on any atom is -0.483 e. The number of aryl methyl sites for hydroxylation is 1. The zero-order chi connectivity index (χ0) is 20.9. The van der Waals surface area contributed by atoms with Crippen molar-refractivity contribution in [3.05, 3.63) is 54.1 Å². The van der Waals surface area contributed by atoms with Crippen LogP contribution in [0, 0.1) is 5.92 Å². The van der Waals surface area contributed by atoms with Gasteiger partial charge in [-0.3, -0.25) is 4.79 Å². The van der Waals surface area contributed by atoms with E-state index in [0.717, 1.165) is 24.8 Å². The van der Waals surface area contributed by atoms with E-state index in [1.165, 1.54) is 12.1 Å². The lowest BCUT2D eigenvalue weighted by Gasteiger charge is -2.30. The van der Waals surface area contributed by atoms with Crippen LogP contribution in [0.5, 0.6) is 5.75 Å². The van der Waals surface area contributed by atoms with E-state index in [1.54, 1.807) is 16.4 Å². The van der Waals surface area contributed by atoms with Crippen LogP contribution in [0.25, 0.3) is 0 Å². The van der Waals surface area contributed by atoms with Crippen LogP contribution < -0.4 is 10.1 Å². The summed E-state index contributed by atoms with van der Waals surface area (Å²) in [5.74, 6) is 0.772. The molecule has 0 aromatic heterocycles. The van der Waals surface area contributed by atoms with Gasteiger partial charge in [-0.05, 0) is 61.1 Å². The molecule has 0 unspecified atom stereocenters. The fourth-order valence-electron chi connectivity index (χ4n) is 3.50. The van der Waals surface area contributed by atoms with Crippen LogP contribution in [0.15, 0.2) is 53.4 Å². The van der Waals surface area contributed by atoms with Gasteiger partial charge in [-0.25, -0.2) is 8.42 Å². The van der Waals surface area contributed by atoms with E-state index in [1.807, 2.05) is 31.2 Å². The quantitative estimate of drug-likeness (QED) is 0.747. The first-order valence-corrected chi connectivity index (χ1v) is 11.4. The Balaban J connectivity index is 1.59. The van der Waals surface area contributed by atoms with E-state index in [4.69, 9.17) is 4.74 Å². The average molecular weight is 417 g/mol. The molecule has 0 aliphatic carbocycles.